The first-order valence-corrected chi connectivity index (χ1v) is 7.18. The smallest absolute Gasteiger partial charge is 0.239 e. The minimum Gasteiger partial charge on any atom is -0.368 e. The number of anilines is 2. The Morgan fingerprint density at radius 2 is 2.05 bits per heavy atom. The van der Waals surface area contributed by atoms with E-state index in [0.717, 1.165) is 18.5 Å². The summed E-state index contributed by atoms with van der Waals surface area (Å²) in [6.45, 7) is 5.96. The number of nitrogen functional groups attached to an aromatic ring is 1. The second-order valence-electron chi connectivity index (χ2n) is 6.62. The third-order valence-electron chi connectivity index (χ3n) is 3.30. The van der Waals surface area contributed by atoms with E-state index in [1.54, 1.807) is 0 Å². The van der Waals surface area contributed by atoms with E-state index in [0.29, 0.717) is 11.7 Å². The van der Waals surface area contributed by atoms with Crippen molar-refractivity contribution in [3.05, 3.63) is 11.8 Å². The summed E-state index contributed by atoms with van der Waals surface area (Å²) in [4.78, 5) is 20.1. The molecule has 0 aromatic carbocycles. The van der Waals surface area contributed by atoms with Crippen molar-refractivity contribution in [1.82, 2.24) is 15.3 Å². The van der Waals surface area contributed by atoms with Gasteiger partial charge in [0.1, 0.15) is 5.82 Å². The molecule has 1 fully saturated rings. The summed E-state index contributed by atoms with van der Waals surface area (Å²) in [6, 6.07) is 2.09. The van der Waals surface area contributed by atoms with Gasteiger partial charge in [-0.2, -0.15) is 4.98 Å². The number of nitrogens with one attached hydrogen (secondary N) is 2. The maximum Gasteiger partial charge on any atom is 0.239 e. The molecule has 1 heterocycles. The zero-order valence-electron chi connectivity index (χ0n) is 12.8. The average molecular weight is 292 g/mol. The highest BCUT2D eigenvalue weighted by Gasteiger charge is 2.29. The zero-order valence-corrected chi connectivity index (χ0v) is 12.8. The van der Waals surface area contributed by atoms with Crippen molar-refractivity contribution >= 4 is 17.7 Å². The van der Waals surface area contributed by atoms with Crippen LogP contribution < -0.4 is 22.1 Å². The number of hydrogen-bond acceptors (Lipinski definition) is 6. The Hall–Kier alpha value is -1.89. The molecule has 21 heavy (non-hydrogen) atoms. The molecule has 0 bridgehead atoms. The van der Waals surface area contributed by atoms with Crippen molar-refractivity contribution in [3.8, 4) is 0 Å². The van der Waals surface area contributed by atoms with Gasteiger partial charge in [0.2, 0.25) is 11.9 Å². The van der Waals surface area contributed by atoms with E-state index < -0.39 is 0 Å². The van der Waals surface area contributed by atoms with Crippen LogP contribution in [0.25, 0.3) is 0 Å². The predicted octanol–water partition coefficient (Wildman–Crippen LogP) is 0.590. The second-order valence-corrected chi connectivity index (χ2v) is 6.62. The summed E-state index contributed by atoms with van der Waals surface area (Å²) < 4.78 is 0. The van der Waals surface area contributed by atoms with Crippen molar-refractivity contribution in [3.63, 3.8) is 0 Å². The van der Waals surface area contributed by atoms with E-state index >= 15 is 0 Å². The molecule has 2 rings (SSSR count). The molecule has 1 saturated carbocycles. The fourth-order valence-electron chi connectivity index (χ4n) is 2.32. The molecule has 0 radical (unpaired) electrons. The summed E-state index contributed by atoms with van der Waals surface area (Å²) >= 11 is 0. The summed E-state index contributed by atoms with van der Waals surface area (Å²) in [6.07, 6.45) is 1.83. The lowest BCUT2D eigenvalue weighted by Crippen LogP contribution is -2.43. The summed E-state index contributed by atoms with van der Waals surface area (Å²) in [5.74, 6) is 1.04. The van der Waals surface area contributed by atoms with Crippen molar-refractivity contribution in [2.45, 2.75) is 51.1 Å². The molecule has 1 aliphatic carbocycles. The first-order valence-electron chi connectivity index (χ1n) is 7.18. The largest absolute Gasteiger partial charge is 0.368 e. The van der Waals surface area contributed by atoms with Crippen LogP contribution in [0, 0.1) is 0 Å². The third kappa shape index (κ3) is 4.56. The number of carbonyl (C=O) groups is 1. The van der Waals surface area contributed by atoms with Crippen LogP contribution in [0.4, 0.5) is 11.8 Å². The lowest BCUT2D eigenvalue weighted by Gasteiger charge is -2.32. The number of rotatable bonds is 4. The van der Waals surface area contributed by atoms with Crippen LogP contribution in [0.2, 0.25) is 0 Å². The Morgan fingerprint density at radius 3 is 2.62 bits per heavy atom. The molecule has 0 aliphatic heterocycles. The highest BCUT2D eigenvalue weighted by Crippen LogP contribution is 2.35. The van der Waals surface area contributed by atoms with Crippen molar-refractivity contribution in [1.29, 1.82) is 0 Å². The first-order chi connectivity index (χ1) is 9.73. The molecular formula is C14H24N6O. The quantitative estimate of drug-likeness (QED) is 0.645. The van der Waals surface area contributed by atoms with Gasteiger partial charge < -0.3 is 22.1 Å². The summed E-state index contributed by atoms with van der Waals surface area (Å²) in [5.41, 5.74) is 12.2. The lowest BCUT2D eigenvalue weighted by atomic mass is 9.78. The van der Waals surface area contributed by atoms with Crippen LogP contribution in [0.5, 0.6) is 0 Å². The van der Waals surface area contributed by atoms with E-state index in [1.165, 1.54) is 0 Å². The normalized spacial score (nSPS) is 21.5. The SMILES string of the molecule is CC(C)(C)NC(=O)CNc1cc(C2CC(N)C2)nc(N)n1. The molecule has 0 saturated heterocycles. The molecule has 0 spiro atoms. The predicted molar refractivity (Wildman–Crippen MR) is 82.8 cm³/mol. The van der Waals surface area contributed by atoms with Crippen molar-refractivity contribution in [2.75, 3.05) is 17.6 Å². The molecule has 1 amide bonds. The minimum absolute atomic E-state index is 0.0908. The van der Waals surface area contributed by atoms with Gasteiger partial charge in [-0.15, -0.1) is 0 Å². The van der Waals surface area contributed by atoms with Gasteiger partial charge in [0, 0.05) is 23.6 Å². The van der Waals surface area contributed by atoms with Gasteiger partial charge in [0.15, 0.2) is 0 Å². The van der Waals surface area contributed by atoms with Gasteiger partial charge in [-0.05, 0) is 33.6 Å². The molecule has 0 atom stereocenters. The second kappa shape index (κ2) is 5.85. The molecule has 1 aromatic heterocycles. The standard InChI is InChI=1S/C14H24N6O/c1-14(2,3)20-12(21)7-17-11-6-10(18-13(16)19-11)8-4-9(15)5-8/h6,8-9H,4-5,7,15H2,1-3H3,(H,20,21)(H3,16,17,18,19). The monoisotopic (exact) mass is 292 g/mol. The van der Waals surface area contributed by atoms with Gasteiger partial charge in [-0.1, -0.05) is 0 Å². The first kappa shape index (κ1) is 15.5. The number of nitrogens with two attached hydrogens (primary N) is 2. The van der Waals surface area contributed by atoms with Crippen LogP contribution in [0.15, 0.2) is 6.07 Å². The molecule has 1 aromatic rings. The maximum atomic E-state index is 11.8. The van der Waals surface area contributed by atoms with Gasteiger partial charge >= 0.3 is 0 Å². The van der Waals surface area contributed by atoms with Gasteiger partial charge in [-0.3, -0.25) is 4.79 Å². The van der Waals surface area contributed by atoms with Gasteiger partial charge in [0.25, 0.3) is 0 Å². The van der Waals surface area contributed by atoms with E-state index in [4.69, 9.17) is 11.5 Å². The molecular weight excluding hydrogens is 268 g/mol. The number of aromatic nitrogens is 2. The number of amides is 1. The Bertz CT molecular complexity index is 519. The Kier molecular flexibility index (Phi) is 4.32. The van der Waals surface area contributed by atoms with Crippen LogP contribution in [-0.2, 0) is 4.79 Å². The molecule has 7 nitrogen and oxygen atoms in total. The third-order valence-corrected chi connectivity index (χ3v) is 3.30. The van der Waals surface area contributed by atoms with E-state index in [-0.39, 0.29) is 30.0 Å². The Morgan fingerprint density at radius 1 is 1.38 bits per heavy atom. The Balaban J connectivity index is 1.95. The summed E-state index contributed by atoms with van der Waals surface area (Å²) in [7, 11) is 0. The van der Waals surface area contributed by atoms with E-state index in [2.05, 4.69) is 20.6 Å². The molecule has 116 valence electrons. The minimum atomic E-state index is -0.253. The van der Waals surface area contributed by atoms with Gasteiger partial charge in [-0.25, -0.2) is 4.98 Å². The topological polar surface area (TPSA) is 119 Å². The van der Waals surface area contributed by atoms with E-state index in [9.17, 15) is 4.79 Å². The van der Waals surface area contributed by atoms with Crippen LogP contribution in [-0.4, -0.2) is 34.0 Å². The lowest BCUT2D eigenvalue weighted by molar-refractivity contribution is -0.120. The average Bonchev–Trinajstić information content (AvgIpc) is 2.30. The number of hydrogen-bond donors (Lipinski definition) is 4. The molecule has 1 aliphatic rings. The van der Waals surface area contributed by atoms with Crippen molar-refractivity contribution < 1.29 is 4.79 Å². The van der Waals surface area contributed by atoms with Crippen molar-refractivity contribution in [2.24, 2.45) is 5.73 Å². The molecule has 7 heteroatoms. The van der Waals surface area contributed by atoms with Crippen LogP contribution >= 0.6 is 0 Å². The van der Waals surface area contributed by atoms with Crippen LogP contribution in [0.3, 0.4) is 0 Å². The zero-order chi connectivity index (χ0) is 15.6. The number of nitrogens with zero attached hydrogens (tertiary/aromatic N) is 2. The fraction of sp³-hybridized carbons (Fsp3) is 0.643. The molecule has 6 N–H and O–H groups in total. The highest BCUT2D eigenvalue weighted by molar-refractivity contribution is 5.81. The maximum absolute atomic E-state index is 11.8. The van der Waals surface area contributed by atoms with E-state index in [1.807, 2.05) is 26.8 Å². The summed E-state index contributed by atoms with van der Waals surface area (Å²) in [5, 5.41) is 5.87. The Labute approximate surface area is 124 Å². The molecule has 0 unspecified atom stereocenters. The van der Waals surface area contributed by atoms with Crippen LogP contribution in [0.1, 0.15) is 45.2 Å². The number of carbonyl (C=O) groups excluding carboxylic acids is 1. The highest BCUT2D eigenvalue weighted by atomic mass is 16.2. The fourth-order valence-corrected chi connectivity index (χ4v) is 2.32. The van der Waals surface area contributed by atoms with Gasteiger partial charge in [0.05, 0.1) is 12.2 Å².